The van der Waals surface area contributed by atoms with Gasteiger partial charge in [0, 0.05) is 18.9 Å². The highest BCUT2D eigenvalue weighted by molar-refractivity contribution is 5.97. The first kappa shape index (κ1) is 18.7. The highest BCUT2D eigenvalue weighted by atomic mass is 19.1. The summed E-state index contributed by atoms with van der Waals surface area (Å²) in [5.41, 5.74) is 2.29. The van der Waals surface area contributed by atoms with Gasteiger partial charge >= 0.3 is 0 Å². The largest absolute Gasteiger partial charge is 0.351 e. The first-order valence-electron chi connectivity index (χ1n) is 9.44. The molecule has 2 aromatic heterocycles. The summed E-state index contributed by atoms with van der Waals surface area (Å²) in [6.45, 7) is 2.58. The molecule has 1 unspecified atom stereocenters. The van der Waals surface area contributed by atoms with Crippen LogP contribution in [-0.2, 0) is 0 Å². The third-order valence-corrected chi connectivity index (χ3v) is 4.85. The molecule has 29 heavy (non-hydrogen) atoms. The summed E-state index contributed by atoms with van der Waals surface area (Å²) in [7, 11) is 0. The molecule has 5 nitrogen and oxygen atoms in total. The average Bonchev–Trinajstić information content (AvgIpc) is 3.42. The minimum atomic E-state index is -0.323. The van der Waals surface area contributed by atoms with E-state index in [4.69, 9.17) is 0 Å². The molecular formula is C23H21FN4O. The van der Waals surface area contributed by atoms with Gasteiger partial charge in [-0.25, -0.2) is 9.07 Å². The number of carbonyl (C=O) groups is 1. The third-order valence-electron chi connectivity index (χ3n) is 4.85. The van der Waals surface area contributed by atoms with Crippen LogP contribution in [0.15, 0.2) is 85.3 Å². The van der Waals surface area contributed by atoms with Crippen LogP contribution in [0.4, 0.5) is 4.39 Å². The van der Waals surface area contributed by atoms with Crippen molar-refractivity contribution in [2.24, 2.45) is 0 Å². The van der Waals surface area contributed by atoms with Crippen LogP contribution in [0, 0.1) is 5.82 Å². The molecule has 1 amide bonds. The summed E-state index contributed by atoms with van der Waals surface area (Å²) in [5, 5.41) is 7.40. The number of hydrogen-bond acceptors (Lipinski definition) is 2. The summed E-state index contributed by atoms with van der Waals surface area (Å²) in [4.78, 5) is 13.0. The predicted molar refractivity (Wildman–Crippen MR) is 110 cm³/mol. The number of benzene rings is 2. The van der Waals surface area contributed by atoms with E-state index in [0.717, 1.165) is 0 Å². The lowest BCUT2D eigenvalue weighted by Crippen LogP contribution is -2.28. The molecule has 146 valence electrons. The maximum absolute atomic E-state index is 13.3. The average molecular weight is 388 g/mol. The van der Waals surface area contributed by atoms with Gasteiger partial charge in [0.1, 0.15) is 11.4 Å². The Hall–Kier alpha value is -3.67. The number of hydrogen-bond donors (Lipinski definition) is 1. The van der Waals surface area contributed by atoms with E-state index < -0.39 is 0 Å². The highest BCUT2D eigenvalue weighted by Gasteiger charge is 2.20. The van der Waals surface area contributed by atoms with Crippen molar-refractivity contribution in [3.05, 3.63) is 102 Å². The molecule has 2 heterocycles. The quantitative estimate of drug-likeness (QED) is 0.534. The number of nitrogens with zero attached hydrogens (tertiary/aromatic N) is 3. The minimum Gasteiger partial charge on any atom is -0.351 e. The molecule has 0 bridgehead atoms. The zero-order chi connectivity index (χ0) is 20.2. The topological polar surface area (TPSA) is 51.9 Å². The van der Waals surface area contributed by atoms with E-state index >= 15 is 0 Å². The standard InChI is InChI=1S/C23H21FN4O/c1-17(18-7-3-2-4-8-18)15-25-22(29)21-16-26-28(20-11-9-19(24)10-12-20)23(21)27-13-5-6-14-27/h2-14,16-17H,15H2,1H3,(H,25,29). The lowest BCUT2D eigenvalue weighted by atomic mass is 10.0. The number of carbonyl (C=O) groups excluding carboxylic acids is 1. The molecule has 0 spiro atoms. The summed E-state index contributed by atoms with van der Waals surface area (Å²) in [6, 6.07) is 19.8. The Balaban J connectivity index is 1.61. The normalized spacial score (nSPS) is 11.9. The van der Waals surface area contributed by atoms with E-state index in [0.29, 0.717) is 23.6 Å². The summed E-state index contributed by atoms with van der Waals surface area (Å²) >= 11 is 0. The fourth-order valence-corrected chi connectivity index (χ4v) is 3.24. The summed E-state index contributed by atoms with van der Waals surface area (Å²) in [5.74, 6) is 0.259. The summed E-state index contributed by atoms with van der Waals surface area (Å²) < 4.78 is 16.8. The second-order valence-corrected chi connectivity index (χ2v) is 6.88. The fourth-order valence-electron chi connectivity index (χ4n) is 3.24. The van der Waals surface area contributed by atoms with Crippen molar-refractivity contribution >= 4 is 5.91 Å². The zero-order valence-corrected chi connectivity index (χ0v) is 16.0. The molecule has 2 aromatic carbocycles. The maximum Gasteiger partial charge on any atom is 0.256 e. The van der Waals surface area contributed by atoms with Crippen molar-refractivity contribution < 1.29 is 9.18 Å². The van der Waals surface area contributed by atoms with E-state index in [1.54, 1.807) is 23.0 Å². The number of nitrogens with one attached hydrogen (secondary N) is 1. The van der Waals surface area contributed by atoms with Crippen LogP contribution in [-0.4, -0.2) is 26.8 Å². The van der Waals surface area contributed by atoms with E-state index in [9.17, 15) is 9.18 Å². The zero-order valence-electron chi connectivity index (χ0n) is 16.0. The van der Waals surface area contributed by atoms with Gasteiger partial charge in [0.05, 0.1) is 11.9 Å². The fraction of sp³-hybridized carbons (Fsp3) is 0.130. The molecule has 0 saturated heterocycles. The van der Waals surface area contributed by atoms with Crippen LogP contribution >= 0.6 is 0 Å². The van der Waals surface area contributed by atoms with Crippen LogP contribution < -0.4 is 5.32 Å². The number of amides is 1. The van der Waals surface area contributed by atoms with Gasteiger partial charge in [0.15, 0.2) is 5.82 Å². The Morgan fingerprint density at radius 3 is 2.41 bits per heavy atom. The molecule has 0 saturated carbocycles. The maximum atomic E-state index is 13.3. The molecule has 0 radical (unpaired) electrons. The lowest BCUT2D eigenvalue weighted by molar-refractivity contribution is 0.0951. The molecule has 0 aliphatic heterocycles. The van der Waals surface area contributed by atoms with Crippen molar-refractivity contribution in [1.82, 2.24) is 19.7 Å². The molecule has 1 atom stereocenters. The SMILES string of the molecule is CC(CNC(=O)c1cnn(-c2ccc(F)cc2)c1-n1cccc1)c1ccccc1. The smallest absolute Gasteiger partial charge is 0.256 e. The Morgan fingerprint density at radius 2 is 1.72 bits per heavy atom. The lowest BCUT2D eigenvalue weighted by Gasteiger charge is -2.14. The minimum absolute atomic E-state index is 0.183. The third kappa shape index (κ3) is 3.96. The number of halogens is 1. The molecule has 6 heteroatoms. The monoisotopic (exact) mass is 388 g/mol. The van der Waals surface area contributed by atoms with E-state index in [1.165, 1.54) is 17.7 Å². The van der Waals surface area contributed by atoms with Gasteiger partial charge in [0.2, 0.25) is 0 Å². The van der Waals surface area contributed by atoms with Gasteiger partial charge in [-0.05, 0) is 47.9 Å². The highest BCUT2D eigenvalue weighted by Crippen LogP contribution is 2.21. The van der Waals surface area contributed by atoms with Crippen LogP contribution in [0.3, 0.4) is 0 Å². The van der Waals surface area contributed by atoms with Crippen LogP contribution in [0.5, 0.6) is 0 Å². The second kappa shape index (κ2) is 8.14. The van der Waals surface area contributed by atoms with Gasteiger partial charge in [0.25, 0.3) is 5.91 Å². The van der Waals surface area contributed by atoms with Gasteiger partial charge in [-0.1, -0.05) is 37.3 Å². The second-order valence-electron chi connectivity index (χ2n) is 6.88. The number of aromatic nitrogens is 3. The molecule has 0 aliphatic carbocycles. The predicted octanol–water partition coefficient (Wildman–Crippen LogP) is 4.34. The Morgan fingerprint density at radius 1 is 1.03 bits per heavy atom. The van der Waals surface area contributed by atoms with Crippen molar-refractivity contribution in [2.75, 3.05) is 6.54 Å². The molecule has 0 fully saturated rings. The van der Waals surface area contributed by atoms with Crippen molar-refractivity contribution in [1.29, 1.82) is 0 Å². The van der Waals surface area contributed by atoms with Crippen LogP contribution in [0.25, 0.3) is 11.5 Å². The molecule has 1 N–H and O–H groups in total. The molecular weight excluding hydrogens is 367 g/mol. The van der Waals surface area contributed by atoms with Gasteiger partial charge in [-0.2, -0.15) is 5.10 Å². The van der Waals surface area contributed by atoms with Gasteiger partial charge in [-0.15, -0.1) is 0 Å². The van der Waals surface area contributed by atoms with Crippen molar-refractivity contribution in [3.8, 4) is 11.5 Å². The van der Waals surface area contributed by atoms with E-state index in [2.05, 4.69) is 29.5 Å². The molecule has 4 aromatic rings. The Labute approximate surface area is 168 Å². The molecule has 0 aliphatic rings. The first-order chi connectivity index (χ1) is 14.1. The number of rotatable bonds is 6. The van der Waals surface area contributed by atoms with E-state index in [-0.39, 0.29) is 17.6 Å². The Bertz CT molecular complexity index is 1090. The van der Waals surface area contributed by atoms with Crippen LogP contribution in [0.2, 0.25) is 0 Å². The van der Waals surface area contributed by atoms with Crippen LogP contribution in [0.1, 0.15) is 28.8 Å². The van der Waals surface area contributed by atoms with Crippen molar-refractivity contribution in [3.63, 3.8) is 0 Å². The Kier molecular flexibility index (Phi) is 5.24. The van der Waals surface area contributed by atoms with Crippen molar-refractivity contribution in [2.45, 2.75) is 12.8 Å². The first-order valence-corrected chi connectivity index (χ1v) is 9.44. The molecule has 4 rings (SSSR count). The van der Waals surface area contributed by atoms with Gasteiger partial charge < -0.3 is 9.88 Å². The summed E-state index contributed by atoms with van der Waals surface area (Å²) in [6.07, 6.45) is 5.24. The van der Waals surface area contributed by atoms with Gasteiger partial charge in [-0.3, -0.25) is 4.79 Å². The van der Waals surface area contributed by atoms with E-state index in [1.807, 2.05) is 47.3 Å².